The molecule has 3 nitrogen and oxygen atoms in total. The maximum absolute atomic E-state index is 11.0. The molecule has 0 saturated carbocycles. The van der Waals surface area contributed by atoms with Gasteiger partial charge < -0.3 is 9.63 Å². The first-order chi connectivity index (χ1) is 8.15. The van der Waals surface area contributed by atoms with Crippen molar-refractivity contribution in [1.29, 1.82) is 0 Å². The number of hydrogen-bond donors (Lipinski definition) is 1. The molecule has 6 heteroatoms. The van der Waals surface area contributed by atoms with Crippen LogP contribution >= 0.6 is 30.6 Å². The van der Waals surface area contributed by atoms with Gasteiger partial charge in [0.2, 0.25) is 7.37 Å². The summed E-state index contributed by atoms with van der Waals surface area (Å²) in [5.74, 6) is 0.263. The molecule has 0 aromatic heterocycles. The average molecular weight is 313 g/mol. The van der Waals surface area contributed by atoms with Crippen LogP contribution < -0.4 is 0 Å². The van der Waals surface area contributed by atoms with Gasteiger partial charge in [0.15, 0.2) is 6.35 Å². The Morgan fingerprint density at radius 2 is 2.06 bits per heavy atom. The third-order valence-electron chi connectivity index (χ3n) is 2.10. The van der Waals surface area contributed by atoms with Crippen LogP contribution in [0.2, 0.25) is 0 Å². The van der Waals surface area contributed by atoms with Crippen LogP contribution in [0.4, 0.5) is 0 Å². The lowest BCUT2D eigenvalue weighted by molar-refractivity contribution is 0.266. The molecule has 0 aliphatic heterocycles. The van der Waals surface area contributed by atoms with Crippen LogP contribution in [-0.2, 0) is 9.30 Å². The largest absolute Gasteiger partial charge is 0.484 e. The van der Waals surface area contributed by atoms with E-state index in [0.29, 0.717) is 11.5 Å². The van der Waals surface area contributed by atoms with Gasteiger partial charge in [0.05, 0.1) is 0 Å². The summed E-state index contributed by atoms with van der Waals surface area (Å²) in [4.78, 5) is 9.07. The summed E-state index contributed by atoms with van der Waals surface area (Å²) in [5, 5.41) is 1.25. The smallest absolute Gasteiger partial charge is 0.233 e. The summed E-state index contributed by atoms with van der Waals surface area (Å²) in [6.45, 7) is 8.64. The van der Waals surface area contributed by atoms with Crippen LogP contribution in [0.1, 0.15) is 26.7 Å². The Hall–Kier alpha value is -0.210. The predicted molar refractivity (Wildman–Crippen MR) is 78.2 cm³/mol. The summed E-state index contributed by atoms with van der Waals surface area (Å²) < 4.78 is 16.1. The summed E-state index contributed by atoms with van der Waals surface area (Å²) in [5.41, 5.74) is 1.04. The monoisotopic (exact) mass is 312 g/mol. The van der Waals surface area contributed by atoms with Crippen LogP contribution in [0.3, 0.4) is 0 Å². The zero-order valence-electron chi connectivity index (χ0n) is 10.9. The van der Waals surface area contributed by atoms with E-state index >= 15 is 0 Å². The summed E-state index contributed by atoms with van der Waals surface area (Å²) >= 11 is 12.0. The molecular formula is C12H19Cl2O3P. The Morgan fingerprint density at radius 1 is 1.50 bits per heavy atom. The van der Waals surface area contributed by atoms with Gasteiger partial charge >= 0.3 is 0 Å². The zero-order chi connectivity index (χ0) is 14.3. The maximum atomic E-state index is 11.0. The third-order valence-corrected chi connectivity index (χ3v) is 3.22. The molecule has 0 aromatic carbocycles. The van der Waals surface area contributed by atoms with E-state index in [9.17, 15) is 4.57 Å². The van der Waals surface area contributed by atoms with Crippen molar-refractivity contribution < 1.29 is 14.2 Å². The fraction of sp³-hybridized carbons (Fsp3) is 0.500. The Kier molecular flexibility index (Phi) is 7.97. The number of rotatable bonds is 7. The maximum Gasteiger partial charge on any atom is 0.233 e. The molecule has 1 N–H and O–H groups in total. The molecule has 1 atom stereocenters. The molecule has 0 rings (SSSR count). The summed E-state index contributed by atoms with van der Waals surface area (Å²) in [6, 6.07) is 0. The quantitative estimate of drug-likeness (QED) is 0.417. The first-order valence-electron chi connectivity index (χ1n) is 5.47. The van der Waals surface area contributed by atoms with Crippen molar-refractivity contribution in [3.8, 4) is 0 Å². The Morgan fingerprint density at radius 3 is 2.44 bits per heavy atom. The molecule has 0 aliphatic rings. The van der Waals surface area contributed by atoms with Gasteiger partial charge in [-0.05, 0) is 19.4 Å². The van der Waals surface area contributed by atoms with Gasteiger partial charge in [-0.3, -0.25) is 4.57 Å². The van der Waals surface area contributed by atoms with Gasteiger partial charge in [0.25, 0.3) is 0 Å². The predicted octanol–water partition coefficient (Wildman–Crippen LogP) is 4.81. The lowest BCUT2D eigenvalue weighted by atomic mass is 10.1. The minimum Gasteiger partial charge on any atom is -0.484 e. The Balaban J connectivity index is 4.47. The van der Waals surface area contributed by atoms with Crippen molar-refractivity contribution in [2.75, 3.05) is 13.0 Å². The van der Waals surface area contributed by atoms with Gasteiger partial charge in [-0.25, -0.2) is 0 Å². The van der Waals surface area contributed by atoms with E-state index < -0.39 is 7.37 Å². The second-order valence-electron chi connectivity index (χ2n) is 4.05. The molecule has 104 valence electrons. The van der Waals surface area contributed by atoms with Gasteiger partial charge in [-0.1, -0.05) is 42.3 Å². The van der Waals surface area contributed by atoms with Crippen LogP contribution in [0.5, 0.6) is 0 Å². The van der Waals surface area contributed by atoms with Gasteiger partial charge in [-0.2, -0.15) is 0 Å². The molecule has 1 unspecified atom stereocenters. The van der Waals surface area contributed by atoms with Gasteiger partial charge in [0, 0.05) is 23.2 Å². The van der Waals surface area contributed by atoms with Crippen LogP contribution in [0, 0.1) is 0 Å². The molecule has 0 aliphatic carbocycles. The molecule has 0 bridgehead atoms. The molecule has 0 saturated heterocycles. The molecule has 18 heavy (non-hydrogen) atoms. The third kappa shape index (κ3) is 8.82. The van der Waals surface area contributed by atoms with Crippen molar-refractivity contribution in [2.45, 2.75) is 26.7 Å². The van der Waals surface area contributed by atoms with E-state index in [1.807, 2.05) is 13.8 Å². The molecule has 0 amide bonds. The summed E-state index contributed by atoms with van der Waals surface area (Å²) in [6.07, 6.45) is 2.61. The fourth-order valence-electron chi connectivity index (χ4n) is 1.16. The highest BCUT2D eigenvalue weighted by Crippen LogP contribution is 2.35. The van der Waals surface area contributed by atoms with Gasteiger partial charge in [-0.15, -0.1) is 0 Å². The van der Waals surface area contributed by atoms with E-state index in [1.54, 1.807) is 0 Å². The SMILES string of the molecule is C=C(/C=C(/Cl)C/C(CC)=C(\C)Cl)OCP(C)(=O)O. The van der Waals surface area contributed by atoms with E-state index in [2.05, 4.69) is 6.58 Å². The minimum atomic E-state index is -3.20. The van der Waals surface area contributed by atoms with Crippen molar-refractivity contribution >= 4 is 30.6 Å². The first-order valence-corrected chi connectivity index (χ1v) is 8.51. The number of ether oxygens (including phenoxy) is 1. The van der Waals surface area contributed by atoms with E-state index in [0.717, 1.165) is 17.0 Å². The lowest BCUT2D eigenvalue weighted by Crippen LogP contribution is -1.93. The molecule has 0 fully saturated rings. The minimum absolute atomic E-state index is 0.263. The molecule has 0 aromatic rings. The highest BCUT2D eigenvalue weighted by molar-refractivity contribution is 7.56. The molecule has 0 heterocycles. The highest BCUT2D eigenvalue weighted by atomic mass is 35.5. The molecule has 0 spiro atoms. The standard InChI is InChI=1S/C12H19Cl2O3P/c1-5-11(10(3)13)7-12(14)6-9(2)17-8-18(4,15)16/h6H,2,5,7-8H2,1,3-4H3,(H,15,16)/b11-10+,12-6+. The molecule has 0 radical (unpaired) electrons. The van der Waals surface area contributed by atoms with Crippen LogP contribution in [0.25, 0.3) is 0 Å². The fourth-order valence-corrected chi connectivity index (χ4v) is 2.05. The van der Waals surface area contributed by atoms with E-state index in [1.165, 1.54) is 12.7 Å². The van der Waals surface area contributed by atoms with Crippen molar-refractivity contribution in [1.82, 2.24) is 0 Å². The highest BCUT2D eigenvalue weighted by Gasteiger charge is 2.10. The van der Waals surface area contributed by atoms with E-state index in [4.69, 9.17) is 32.8 Å². The van der Waals surface area contributed by atoms with Crippen molar-refractivity contribution in [2.24, 2.45) is 0 Å². The Bertz CT molecular complexity index is 404. The lowest BCUT2D eigenvalue weighted by Gasteiger charge is -2.09. The van der Waals surface area contributed by atoms with Crippen molar-refractivity contribution in [3.05, 3.63) is 34.1 Å². The van der Waals surface area contributed by atoms with E-state index in [-0.39, 0.29) is 12.1 Å². The Labute approximate surface area is 119 Å². The number of hydrogen-bond acceptors (Lipinski definition) is 2. The van der Waals surface area contributed by atoms with Crippen molar-refractivity contribution in [3.63, 3.8) is 0 Å². The number of allylic oxidation sites excluding steroid dienone is 4. The van der Waals surface area contributed by atoms with Crippen LogP contribution in [-0.4, -0.2) is 17.9 Å². The number of halogens is 2. The normalized spacial score (nSPS) is 16.9. The topological polar surface area (TPSA) is 46.5 Å². The second-order valence-corrected chi connectivity index (χ2v) is 7.46. The average Bonchev–Trinajstić information content (AvgIpc) is 2.21. The molecular weight excluding hydrogens is 294 g/mol. The first kappa shape index (κ1) is 17.8. The summed E-state index contributed by atoms with van der Waals surface area (Å²) in [7, 11) is -3.20. The van der Waals surface area contributed by atoms with Crippen LogP contribution in [0.15, 0.2) is 34.1 Å². The van der Waals surface area contributed by atoms with Gasteiger partial charge in [0.1, 0.15) is 5.76 Å². The zero-order valence-corrected chi connectivity index (χ0v) is 13.3. The second kappa shape index (κ2) is 8.06.